The van der Waals surface area contributed by atoms with E-state index >= 15 is 0 Å². The lowest BCUT2D eigenvalue weighted by Crippen LogP contribution is -2.17. The number of aromatic amines is 1. The molecule has 0 saturated carbocycles. The van der Waals surface area contributed by atoms with Gasteiger partial charge in [-0.25, -0.2) is 0 Å². The Hall–Kier alpha value is -2.64. The number of amides is 1. The molecule has 20 heavy (non-hydrogen) atoms. The molecule has 0 fully saturated rings. The molecule has 2 heterocycles. The van der Waals surface area contributed by atoms with Crippen molar-refractivity contribution in [2.45, 2.75) is 6.18 Å². The van der Waals surface area contributed by atoms with Crippen LogP contribution in [0.3, 0.4) is 0 Å². The highest BCUT2D eigenvalue weighted by Gasteiger charge is 2.31. The van der Waals surface area contributed by atoms with Crippen LogP contribution in [0.25, 0.3) is 11.1 Å². The lowest BCUT2D eigenvalue weighted by atomic mass is 10.0. The molecule has 2 aromatic rings. The predicted octanol–water partition coefficient (Wildman–Crippen LogP) is 1.55. The number of nitrogens with one attached hydrogen (secondary N) is 1. The SMILES string of the molecule is NC(=O)c1ccncc1-c1cc(C(F)(F)F)c[nH]c1=O. The molecule has 2 rings (SSSR count). The topological polar surface area (TPSA) is 88.8 Å². The van der Waals surface area contributed by atoms with Crippen LogP contribution in [0.15, 0.2) is 35.5 Å². The van der Waals surface area contributed by atoms with Gasteiger partial charge in [0.05, 0.1) is 11.1 Å². The zero-order valence-electron chi connectivity index (χ0n) is 9.86. The third-order valence-electron chi connectivity index (χ3n) is 2.61. The van der Waals surface area contributed by atoms with Gasteiger partial charge in [-0.15, -0.1) is 0 Å². The molecule has 0 aliphatic rings. The minimum atomic E-state index is -4.62. The van der Waals surface area contributed by atoms with Gasteiger partial charge in [0.1, 0.15) is 0 Å². The number of aromatic nitrogens is 2. The Morgan fingerprint density at radius 2 is 2.00 bits per heavy atom. The van der Waals surface area contributed by atoms with Crippen LogP contribution in [0.5, 0.6) is 0 Å². The number of carbonyl (C=O) groups is 1. The van der Waals surface area contributed by atoms with Crippen LogP contribution in [-0.4, -0.2) is 15.9 Å². The fraction of sp³-hybridized carbons (Fsp3) is 0.0833. The molecule has 8 heteroatoms. The molecule has 0 aliphatic carbocycles. The first-order chi connectivity index (χ1) is 9.30. The quantitative estimate of drug-likeness (QED) is 0.876. The number of hydrogen-bond acceptors (Lipinski definition) is 3. The third kappa shape index (κ3) is 2.53. The standard InChI is InChI=1S/C12H8F3N3O2/c13-12(14,15)6-3-8(11(20)18-4-6)9-5-17-2-1-7(9)10(16)19/h1-5H,(H2,16,19)(H,18,20). The molecule has 0 bridgehead atoms. The number of rotatable bonds is 2. The lowest BCUT2D eigenvalue weighted by Gasteiger charge is -2.09. The Morgan fingerprint density at radius 1 is 1.30 bits per heavy atom. The molecule has 104 valence electrons. The Labute approximate surface area is 110 Å². The molecular formula is C12H8F3N3O2. The van der Waals surface area contributed by atoms with E-state index < -0.39 is 23.2 Å². The van der Waals surface area contributed by atoms with Gasteiger partial charge in [-0.2, -0.15) is 13.2 Å². The number of H-pyrrole nitrogens is 1. The number of halogens is 3. The summed E-state index contributed by atoms with van der Waals surface area (Å²) < 4.78 is 37.9. The second kappa shape index (κ2) is 4.80. The van der Waals surface area contributed by atoms with E-state index in [1.807, 2.05) is 4.98 Å². The summed E-state index contributed by atoms with van der Waals surface area (Å²) in [5.41, 5.74) is 2.87. The zero-order valence-corrected chi connectivity index (χ0v) is 9.86. The number of primary amides is 1. The van der Waals surface area contributed by atoms with Crippen molar-refractivity contribution in [3.8, 4) is 11.1 Å². The van der Waals surface area contributed by atoms with Crippen LogP contribution < -0.4 is 11.3 Å². The van der Waals surface area contributed by atoms with E-state index in [1.165, 1.54) is 12.3 Å². The van der Waals surface area contributed by atoms with E-state index in [4.69, 9.17) is 5.73 Å². The van der Waals surface area contributed by atoms with Gasteiger partial charge in [0.15, 0.2) is 0 Å². The van der Waals surface area contributed by atoms with Crippen molar-refractivity contribution < 1.29 is 18.0 Å². The molecule has 3 N–H and O–H groups in total. The van der Waals surface area contributed by atoms with Crippen LogP contribution >= 0.6 is 0 Å². The van der Waals surface area contributed by atoms with Crippen LogP contribution in [0, 0.1) is 0 Å². The summed E-state index contributed by atoms with van der Waals surface area (Å²) in [6.07, 6.45) is -1.68. The fourth-order valence-electron chi connectivity index (χ4n) is 1.67. The minimum Gasteiger partial charge on any atom is -0.366 e. The largest absolute Gasteiger partial charge is 0.417 e. The van der Waals surface area contributed by atoms with Crippen molar-refractivity contribution in [1.82, 2.24) is 9.97 Å². The van der Waals surface area contributed by atoms with Crippen LogP contribution in [0.4, 0.5) is 13.2 Å². The Balaban J connectivity index is 2.70. The summed E-state index contributed by atoms with van der Waals surface area (Å²) in [7, 11) is 0. The van der Waals surface area contributed by atoms with E-state index in [9.17, 15) is 22.8 Å². The highest BCUT2D eigenvalue weighted by Crippen LogP contribution is 2.30. The monoisotopic (exact) mass is 283 g/mol. The average molecular weight is 283 g/mol. The molecule has 5 nitrogen and oxygen atoms in total. The van der Waals surface area contributed by atoms with Crippen molar-refractivity contribution in [2.24, 2.45) is 5.73 Å². The molecule has 0 saturated heterocycles. The number of pyridine rings is 2. The highest BCUT2D eigenvalue weighted by atomic mass is 19.4. The van der Waals surface area contributed by atoms with Crippen LogP contribution in [0.2, 0.25) is 0 Å². The van der Waals surface area contributed by atoms with Gasteiger partial charge in [0.2, 0.25) is 5.91 Å². The van der Waals surface area contributed by atoms with Crippen molar-refractivity contribution in [1.29, 1.82) is 0 Å². The molecule has 2 aromatic heterocycles. The summed E-state index contributed by atoms with van der Waals surface area (Å²) >= 11 is 0. The van der Waals surface area contributed by atoms with Gasteiger partial charge < -0.3 is 10.7 Å². The predicted molar refractivity (Wildman–Crippen MR) is 63.8 cm³/mol. The molecule has 0 spiro atoms. The summed E-state index contributed by atoms with van der Waals surface area (Å²) in [4.78, 5) is 28.6. The van der Waals surface area contributed by atoms with Gasteiger partial charge in [-0.05, 0) is 12.1 Å². The summed E-state index contributed by atoms with van der Waals surface area (Å²) in [5.74, 6) is -0.862. The second-order valence-electron chi connectivity index (χ2n) is 3.91. The normalized spacial score (nSPS) is 11.3. The highest BCUT2D eigenvalue weighted by molar-refractivity contribution is 5.99. The Kier molecular flexibility index (Phi) is 3.31. The van der Waals surface area contributed by atoms with E-state index in [0.29, 0.717) is 12.3 Å². The first-order valence-electron chi connectivity index (χ1n) is 5.35. The van der Waals surface area contributed by atoms with E-state index in [-0.39, 0.29) is 16.7 Å². The second-order valence-corrected chi connectivity index (χ2v) is 3.91. The number of nitrogens with two attached hydrogens (primary N) is 1. The molecule has 1 amide bonds. The van der Waals surface area contributed by atoms with E-state index in [1.54, 1.807) is 0 Å². The minimum absolute atomic E-state index is 0.0487. The first kappa shape index (κ1) is 13.8. The maximum Gasteiger partial charge on any atom is 0.417 e. The number of hydrogen-bond donors (Lipinski definition) is 2. The van der Waals surface area contributed by atoms with Gasteiger partial charge in [-0.3, -0.25) is 14.6 Å². The van der Waals surface area contributed by atoms with Crippen molar-refractivity contribution >= 4 is 5.91 Å². The van der Waals surface area contributed by atoms with Crippen molar-refractivity contribution in [3.63, 3.8) is 0 Å². The molecular weight excluding hydrogens is 275 g/mol. The Bertz CT molecular complexity index is 722. The van der Waals surface area contributed by atoms with E-state index in [0.717, 1.165) is 6.20 Å². The maximum absolute atomic E-state index is 12.6. The lowest BCUT2D eigenvalue weighted by molar-refractivity contribution is -0.137. The Morgan fingerprint density at radius 3 is 2.60 bits per heavy atom. The summed E-state index contributed by atoms with van der Waals surface area (Å²) in [5, 5.41) is 0. The van der Waals surface area contributed by atoms with Gasteiger partial charge >= 0.3 is 6.18 Å². The van der Waals surface area contributed by atoms with Crippen LogP contribution in [0.1, 0.15) is 15.9 Å². The van der Waals surface area contributed by atoms with Crippen molar-refractivity contribution in [2.75, 3.05) is 0 Å². The summed E-state index contributed by atoms with van der Waals surface area (Å²) in [6.45, 7) is 0. The van der Waals surface area contributed by atoms with Gasteiger partial charge in [-0.1, -0.05) is 0 Å². The molecule has 0 unspecified atom stereocenters. The van der Waals surface area contributed by atoms with Gasteiger partial charge in [0.25, 0.3) is 5.56 Å². The van der Waals surface area contributed by atoms with Gasteiger partial charge in [0, 0.05) is 29.7 Å². The average Bonchev–Trinajstić information content (AvgIpc) is 2.38. The smallest absolute Gasteiger partial charge is 0.366 e. The fourth-order valence-corrected chi connectivity index (χ4v) is 1.67. The van der Waals surface area contributed by atoms with E-state index in [2.05, 4.69) is 4.98 Å². The third-order valence-corrected chi connectivity index (χ3v) is 2.61. The maximum atomic E-state index is 12.6. The zero-order chi connectivity index (χ0) is 14.9. The number of nitrogens with zero attached hydrogens (tertiary/aromatic N) is 1. The molecule has 0 aromatic carbocycles. The molecule has 0 aliphatic heterocycles. The first-order valence-corrected chi connectivity index (χ1v) is 5.35. The molecule has 0 atom stereocenters. The molecule has 0 radical (unpaired) electrons. The van der Waals surface area contributed by atoms with Crippen LogP contribution in [-0.2, 0) is 6.18 Å². The number of alkyl halides is 3. The summed E-state index contributed by atoms with van der Waals surface area (Å²) in [6, 6.07) is 1.89. The van der Waals surface area contributed by atoms with Crippen molar-refractivity contribution in [3.05, 3.63) is 52.2 Å². The number of carbonyl (C=O) groups excluding carboxylic acids is 1.